The summed E-state index contributed by atoms with van der Waals surface area (Å²) >= 11 is 0. The predicted molar refractivity (Wildman–Crippen MR) is 77.3 cm³/mol. The van der Waals surface area contributed by atoms with Crippen LogP contribution < -0.4 is 10.6 Å². The minimum atomic E-state index is -0.542. The fraction of sp³-hybridized carbons (Fsp3) is 0.583. The molecule has 0 unspecified atom stereocenters. The highest BCUT2D eigenvalue weighted by Crippen LogP contribution is 2.26. The first-order valence-corrected chi connectivity index (χ1v) is 6.57. The molecular formula is C12H19N5O4. The van der Waals surface area contributed by atoms with Crippen LogP contribution in [0.2, 0.25) is 0 Å². The van der Waals surface area contributed by atoms with Crippen molar-refractivity contribution in [3.63, 3.8) is 0 Å². The molecule has 1 aromatic heterocycles. The molecule has 116 valence electrons. The van der Waals surface area contributed by atoms with E-state index in [1.807, 2.05) is 6.92 Å². The van der Waals surface area contributed by atoms with Crippen molar-refractivity contribution < 1.29 is 14.5 Å². The van der Waals surface area contributed by atoms with Crippen molar-refractivity contribution >= 4 is 23.4 Å². The second-order valence-electron chi connectivity index (χ2n) is 4.27. The maximum Gasteiger partial charge on any atom is 0.332 e. The molecule has 0 aromatic carbocycles. The zero-order chi connectivity index (χ0) is 15.8. The number of esters is 1. The molecule has 0 aliphatic carbocycles. The first kappa shape index (κ1) is 16.6. The molecule has 9 nitrogen and oxygen atoms in total. The Balaban J connectivity index is 2.93. The van der Waals surface area contributed by atoms with Crippen LogP contribution in [-0.2, 0) is 9.53 Å². The molecule has 0 saturated carbocycles. The second kappa shape index (κ2) is 7.98. The molecule has 1 rings (SSSR count). The SMILES string of the molecule is CCCNc1nc(C)c([N+](=O)[O-])c(NCCC(=O)OC)n1. The lowest BCUT2D eigenvalue weighted by Gasteiger charge is -2.10. The Morgan fingerprint density at radius 1 is 1.33 bits per heavy atom. The van der Waals surface area contributed by atoms with Crippen LogP contribution in [0.15, 0.2) is 0 Å². The maximum atomic E-state index is 11.1. The topological polar surface area (TPSA) is 119 Å². The molecule has 0 aliphatic heterocycles. The van der Waals surface area contributed by atoms with E-state index in [0.29, 0.717) is 12.5 Å². The van der Waals surface area contributed by atoms with Crippen LogP contribution in [0.5, 0.6) is 0 Å². The van der Waals surface area contributed by atoms with Crippen LogP contribution in [0.1, 0.15) is 25.5 Å². The third-order valence-electron chi connectivity index (χ3n) is 2.62. The van der Waals surface area contributed by atoms with Crippen LogP contribution >= 0.6 is 0 Å². The van der Waals surface area contributed by atoms with E-state index in [-0.39, 0.29) is 30.2 Å². The third-order valence-corrected chi connectivity index (χ3v) is 2.62. The fourth-order valence-corrected chi connectivity index (χ4v) is 1.61. The fourth-order valence-electron chi connectivity index (χ4n) is 1.61. The number of ether oxygens (including phenoxy) is 1. The van der Waals surface area contributed by atoms with Gasteiger partial charge in [0.2, 0.25) is 11.8 Å². The summed E-state index contributed by atoms with van der Waals surface area (Å²) in [6.07, 6.45) is 0.971. The normalized spacial score (nSPS) is 10.0. The van der Waals surface area contributed by atoms with E-state index in [1.165, 1.54) is 7.11 Å². The molecule has 0 fully saturated rings. The van der Waals surface area contributed by atoms with E-state index in [1.54, 1.807) is 6.92 Å². The van der Waals surface area contributed by atoms with Crippen LogP contribution in [0.4, 0.5) is 17.5 Å². The highest BCUT2D eigenvalue weighted by Gasteiger charge is 2.21. The Morgan fingerprint density at radius 2 is 2.05 bits per heavy atom. The minimum absolute atomic E-state index is 0.0917. The molecule has 2 N–H and O–H groups in total. The summed E-state index contributed by atoms with van der Waals surface area (Å²) in [7, 11) is 1.28. The highest BCUT2D eigenvalue weighted by atomic mass is 16.6. The number of carbonyl (C=O) groups excluding carboxylic acids is 1. The molecule has 1 heterocycles. The summed E-state index contributed by atoms with van der Waals surface area (Å²) in [6.45, 7) is 4.39. The van der Waals surface area contributed by atoms with Gasteiger partial charge >= 0.3 is 11.7 Å². The van der Waals surface area contributed by atoms with Crippen LogP contribution in [0.25, 0.3) is 0 Å². The average molecular weight is 297 g/mol. The Kier molecular flexibility index (Phi) is 6.31. The summed E-state index contributed by atoms with van der Waals surface area (Å²) in [5.74, 6) is 0.00999. The number of nitrogens with one attached hydrogen (secondary N) is 2. The number of anilines is 2. The summed E-state index contributed by atoms with van der Waals surface area (Å²) in [5.41, 5.74) is 0.0658. The number of carbonyl (C=O) groups is 1. The molecule has 0 amide bonds. The summed E-state index contributed by atoms with van der Waals surface area (Å²) in [4.78, 5) is 29.8. The van der Waals surface area contributed by atoms with Gasteiger partial charge in [0.15, 0.2) is 0 Å². The highest BCUT2D eigenvalue weighted by molar-refractivity contribution is 5.70. The molecule has 0 atom stereocenters. The molecule has 0 radical (unpaired) electrons. The van der Waals surface area contributed by atoms with Crippen molar-refractivity contribution in [1.82, 2.24) is 9.97 Å². The van der Waals surface area contributed by atoms with Crippen molar-refractivity contribution in [3.05, 3.63) is 15.8 Å². The van der Waals surface area contributed by atoms with Gasteiger partial charge in [-0.3, -0.25) is 14.9 Å². The Hall–Kier alpha value is -2.45. The predicted octanol–water partition coefficient (Wildman–Crippen LogP) is 1.49. The van der Waals surface area contributed by atoms with Crippen LogP contribution in [-0.4, -0.2) is 41.1 Å². The van der Waals surface area contributed by atoms with E-state index in [9.17, 15) is 14.9 Å². The van der Waals surface area contributed by atoms with Gasteiger partial charge in [0.25, 0.3) is 0 Å². The van der Waals surface area contributed by atoms with Gasteiger partial charge in [0.1, 0.15) is 5.69 Å². The van der Waals surface area contributed by atoms with Gasteiger partial charge in [-0.1, -0.05) is 6.92 Å². The largest absolute Gasteiger partial charge is 0.469 e. The van der Waals surface area contributed by atoms with Gasteiger partial charge in [-0.15, -0.1) is 0 Å². The summed E-state index contributed by atoms with van der Waals surface area (Å²) < 4.78 is 4.51. The lowest BCUT2D eigenvalue weighted by atomic mass is 10.3. The third kappa shape index (κ3) is 4.86. The van der Waals surface area contributed by atoms with Gasteiger partial charge in [-0.25, -0.2) is 4.98 Å². The average Bonchev–Trinajstić information content (AvgIpc) is 2.43. The molecule has 0 aliphatic rings. The molecule has 0 saturated heterocycles. The van der Waals surface area contributed by atoms with Gasteiger partial charge in [0.05, 0.1) is 18.5 Å². The first-order chi connectivity index (χ1) is 9.99. The molecule has 0 bridgehead atoms. The lowest BCUT2D eigenvalue weighted by molar-refractivity contribution is -0.385. The standard InChI is InChI=1S/C12H19N5O4/c1-4-6-14-12-15-8(2)10(17(19)20)11(16-12)13-7-5-9(18)21-3/h4-7H2,1-3H3,(H2,13,14,15,16). The number of rotatable bonds is 8. The lowest BCUT2D eigenvalue weighted by Crippen LogP contribution is -2.14. The van der Waals surface area contributed by atoms with Crippen molar-refractivity contribution in [3.8, 4) is 0 Å². The number of nitrogens with zero attached hydrogens (tertiary/aromatic N) is 3. The van der Waals surface area contributed by atoms with E-state index in [4.69, 9.17) is 0 Å². The molecule has 1 aromatic rings. The Labute approximate surface area is 122 Å². The van der Waals surface area contributed by atoms with Crippen molar-refractivity contribution in [2.75, 3.05) is 30.8 Å². The molecule has 21 heavy (non-hydrogen) atoms. The Bertz CT molecular complexity index is 521. The van der Waals surface area contributed by atoms with Gasteiger partial charge in [-0.05, 0) is 13.3 Å². The summed E-state index contributed by atoms with van der Waals surface area (Å²) in [5, 5.41) is 16.9. The van der Waals surface area contributed by atoms with Gasteiger partial charge in [0, 0.05) is 13.1 Å². The van der Waals surface area contributed by atoms with Crippen molar-refractivity contribution in [2.45, 2.75) is 26.7 Å². The van der Waals surface area contributed by atoms with E-state index < -0.39 is 10.9 Å². The number of methoxy groups -OCH3 is 1. The zero-order valence-corrected chi connectivity index (χ0v) is 12.3. The number of nitro groups is 1. The van der Waals surface area contributed by atoms with Crippen molar-refractivity contribution in [2.24, 2.45) is 0 Å². The smallest absolute Gasteiger partial charge is 0.332 e. The second-order valence-corrected chi connectivity index (χ2v) is 4.27. The van der Waals surface area contributed by atoms with Crippen molar-refractivity contribution in [1.29, 1.82) is 0 Å². The number of hydrogen-bond donors (Lipinski definition) is 2. The number of hydrogen-bond acceptors (Lipinski definition) is 8. The summed E-state index contributed by atoms with van der Waals surface area (Å²) in [6, 6.07) is 0. The molecule has 9 heteroatoms. The molecular weight excluding hydrogens is 278 g/mol. The van der Waals surface area contributed by atoms with E-state index >= 15 is 0 Å². The quantitative estimate of drug-likeness (QED) is 0.421. The minimum Gasteiger partial charge on any atom is -0.469 e. The monoisotopic (exact) mass is 297 g/mol. The van der Waals surface area contributed by atoms with Crippen LogP contribution in [0, 0.1) is 17.0 Å². The van der Waals surface area contributed by atoms with Crippen LogP contribution in [0.3, 0.4) is 0 Å². The number of aromatic nitrogens is 2. The molecule has 0 spiro atoms. The van der Waals surface area contributed by atoms with Gasteiger partial charge in [-0.2, -0.15) is 4.98 Å². The maximum absolute atomic E-state index is 11.1. The van der Waals surface area contributed by atoms with E-state index in [2.05, 4.69) is 25.3 Å². The van der Waals surface area contributed by atoms with E-state index in [0.717, 1.165) is 6.42 Å². The van der Waals surface area contributed by atoms with Gasteiger partial charge < -0.3 is 15.4 Å². The number of aryl methyl sites for hydroxylation is 1. The first-order valence-electron chi connectivity index (χ1n) is 6.57. The zero-order valence-electron chi connectivity index (χ0n) is 12.3. The Morgan fingerprint density at radius 3 is 2.62 bits per heavy atom.